The largest absolute Gasteiger partial charge is 0.225 e. The Morgan fingerprint density at radius 3 is 3.10 bits per heavy atom. The van der Waals surface area contributed by atoms with E-state index in [2.05, 4.69) is 22.1 Å². The normalized spacial score (nSPS) is 9.70. The van der Waals surface area contributed by atoms with Gasteiger partial charge in [-0.1, -0.05) is 6.08 Å². The van der Waals surface area contributed by atoms with Gasteiger partial charge in [0.1, 0.15) is 0 Å². The zero-order chi connectivity index (χ0) is 7.40. The van der Waals surface area contributed by atoms with Gasteiger partial charge in [-0.3, -0.25) is 0 Å². The van der Waals surface area contributed by atoms with Gasteiger partial charge in [-0.05, 0) is 10.4 Å². The smallest absolute Gasteiger partial charge is 0.166 e. The van der Waals surface area contributed by atoms with Crippen molar-refractivity contribution in [3.63, 3.8) is 0 Å². The molecule has 0 saturated carbocycles. The van der Waals surface area contributed by atoms with Gasteiger partial charge in [-0.2, -0.15) is 0 Å². The van der Waals surface area contributed by atoms with Crippen LogP contribution in [0.3, 0.4) is 0 Å². The molecule has 1 heterocycles. The van der Waals surface area contributed by atoms with E-state index in [1.54, 1.807) is 10.8 Å². The van der Waals surface area contributed by atoms with E-state index >= 15 is 0 Å². The minimum atomic E-state index is 0.334. The number of hydrogen-bond acceptors (Lipinski definition) is 3. The molecule has 0 radical (unpaired) electrons. The molecule has 0 aliphatic heterocycles. The first-order chi connectivity index (χ1) is 4.88. The first-order valence-electron chi connectivity index (χ1n) is 2.80. The monoisotopic (exact) mass is 158 g/mol. The van der Waals surface area contributed by atoms with Gasteiger partial charge in [-0.15, -0.1) is 23.3 Å². The highest BCUT2D eigenvalue weighted by Crippen LogP contribution is 1.95. The third-order valence-corrected chi connectivity index (χ3v) is 1.27. The van der Waals surface area contributed by atoms with Crippen molar-refractivity contribution < 1.29 is 0 Å². The van der Waals surface area contributed by atoms with Crippen LogP contribution in [0.2, 0.25) is 0 Å². The highest BCUT2D eigenvalue weighted by atomic mass is 35.5. The van der Waals surface area contributed by atoms with Crippen LogP contribution in [0.5, 0.6) is 0 Å². The molecule has 0 amide bonds. The molecule has 0 spiro atoms. The van der Waals surface area contributed by atoms with Crippen molar-refractivity contribution in [2.45, 2.75) is 12.4 Å². The topological polar surface area (TPSA) is 43.6 Å². The first kappa shape index (κ1) is 7.21. The molecule has 5 heteroatoms. The van der Waals surface area contributed by atoms with E-state index in [1.807, 2.05) is 0 Å². The minimum Gasteiger partial charge on any atom is -0.225 e. The van der Waals surface area contributed by atoms with E-state index in [9.17, 15) is 0 Å². The van der Waals surface area contributed by atoms with Crippen molar-refractivity contribution in [2.75, 3.05) is 0 Å². The number of aromatic nitrogens is 4. The maximum Gasteiger partial charge on any atom is 0.166 e. The van der Waals surface area contributed by atoms with E-state index in [0.29, 0.717) is 18.2 Å². The summed E-state index contributed by atoms with van der Waals surface area (Å²) in [7, 11) is 0. The number of hydrogen-bond donors (Lipinski definition) is 0. The average molecular weight is 159 g/mol. The Bertz CT molecular complexity index is 219. The van der Waals surface area contributed by atoms with Crippen molar-refractivity contribution in [3.8, 4) is 0 Å². The van der Waals surface area contributed by atoms with Gasteiger partial charge in [0.05, 0.1) is 12.4 Å². The summed E-state index contributed by atoms with van der Waals surface area (Å²) in [6.45, 7) is 4.16. The summed E-state index contributed by atoms with van der Waals surface area (Å²) in [5.74, 6) is 1.00. The summed E-state index contributed by atoms with van der Waals surface area (Å²) in [6.07, 6.45) is 1.71. The van der Waals surface area contributed by atoms with E-state index in [-0.39, 0.29) is 0 Å². The molecule has 0 bridgehead atoms. The molecule has 0 aliphatic rings. The molecule has 0 saturated heterocycles. The van der Waals surface area contributed by atoms with Crippen LogP contribution in [0.25, 0.3) is 0 Å². The standard InChI is InChI=1S/C5H7ClN4/c1-2-3-10-5(4-6)7-8-9-10/h2H,1,3-4H2. The Labute approximate surface area is 63.5 Å². The molecule has 1 aromatic rings. The Hall–Kier alpha value is -0.900. The van der Waals surface area contributed by atoms with Gasteiger partial charge in [0, 0.05) is 0 Å². The molecule has 0 aromatic carbocycles. The number of alkyl halides is 1. The zero-order valence-corrected chi connectivity index (χ0v) is 6.12. The maximum atomic E-state index is 5.51. The van der Waals surface area contributed by atoms with E-state index in [1.165, 1.54) is 0 Å². The molecule has 1 aromatic heterocycles. The van der Waals surface area contributed by atoms with Gasteiger partial charge in [0.2, 0.25) is 0 Å². The van der Waals surface area contributed by atoms with Crippen LogP contribution in [0.1, 0.15) is 5.82 Å². The van der Waals surface area contributed by atoms with Gasteiger partial charge in [-0.25, -0.2) is 4.68 Å². The summed E-state index contributed by atoms with van der Waals surface area (Å²) in [5, 5.41) is 10.8. The third kappa shape index (κ3) is 1.33. The molecule has 4 nitrogen and oxygen atoms in total. The highest BCUT2D eigenvalue weighted by Gasteiger charge is 2.00. The van der Waals surface area contributed by atoms with Gasteiger partial charge in [0.15, 0.2) is 5.82 Å². The van der Waals surface area contributed by atoms with Crippen molar-refractivity contribution >= 4 is 11.6 Å². The summed E-state index contributed by atoms with van der Waals surface area (Å²) in [5.41, 5.74) is 0. The molecular weight excluding hydrogens is 152 g/mol. The highest BCUT2D eigenvalue weighted by molar-refractivity contribution is 6.16. The van der Waals surface area contributed by atoms with Gasteiger partial charge >= 0.3 is 0 Å². The lowest BCUT2D eigenvalue weighted by Crippen LogP contribution is -2.01. The Kier molecular flexibility index (Phi) is 2.39. The van der Waals surface area contributed by atoms with Crippen molar-refractivity contribution in [1.82, 2.24) is 20.2 Å². The Morgan fingerprint density at radius 1 is 1.70 bits per heavy atom. The fourth-order valence-corrected chi connectivity index (χ4v) is 0.774. The minimum absolute atomic E-state index is 0.334. The van der Waals surface area contributed by atoms with Crippen molar-refractivity contribution in [1.29, 1.82) is 0 Å². The van der Waals surface area contributed by atoms with Crippen LogP contribution in [-0.2, 0) is 12.4 Å². The lowest BCUT2D eigenvalue weighted by atomic mass is 10.6. The third-order valence-electron chi connectivity index (χ3n) is 1.03. The summed E-state index contributed by atoms with van der Waals surface area (Å²) in [4.78, 5) is 0. The summed E-state index contributed by atoms with van der Waals surface area (Å²) < 4.78 is 1.60. The number of allylic oxidation sites excluding steroid dienone is 1. The van der Waals surface area contributed by atoms with E-state index < -0.39 is 0 Å². The van der Waals surface area contributed by atoms with E-state index in [4.69, 9.17) is 11.6 Å². The molecule has 1 rings (SSSR count). The number of nitrogens with zero attached hydrogens (tertiary/aromatic N) is 4. The van der Waals surface area contributed by atoms with Crippen LogP contribution in [0.4, 0.5) is 0 Å². The number of halogens is 1. The molecule has 10 heavy (non-hydrogen) atoms. The van der Waals surface area contributed by atoms with Crippen LogP contribution in [0.15, 0.2) is 12.7 Å². The second-order valence-corrected chi connectivity index (χ2v) is 1.97. The van der Waals surface area contributed by atoms with Crippen molar-refractivity contribution in [3.05, 3.63) is 18.5 Å². The van der Waals surface area contributed by atoms with Gasteiger partial charge < -0.3 is 0 Å². The van der Waals surface area contributed by atoms with Crippen molar-refractivity contribution in [2.24, 2.45) is 0 Å². The predicted octanol–water partition coefficient (Wildman–Crippen LogP) is 0.598. The average Bonchev–Trinajstić information content (AvgIpc) is 2.36. The summed E-state index contributed by atoms with van der Waals surface area (Å²) in [6, 6.07) is 0. The fraction of sp³-hybridized carbons (Fsp3) is 0.400. The quantitative estimate of drug-likeness (QED) is 0.478. The molecular formula is C5H7ClN4. The second-order valence-electron chi connectivity index (χ2n) is 1.70. The Morgan fingerprint density at radius 2 is 2.50 bits per heavy atom. The lowest BCUT2D eigenvalue weighted by molar-refractivity contribution is 0.642. The van der Waals surface area contributed by atoms with Crippen LogP contribution in [-0.4, -0.2) is 20.2 Å². The van der Waals surface area contributed by atoms with Crippen LogP contribution < -0.4 is 0 Å². The first-order valence-corrected chi connectivity index (χ1v) is 3.34. The Balaban J connectivity index is 2.79. The molecule has 0 atom stereocenters. The van der Waals surface area contributed by atoms with Crippen LogP contribution >= 0.6 is 11.6 Å². The molecule has 0 fully saturated rings. The summed E-state index contributed by atoms with van der Waals surface area (Å²) >= 11 is 5.51. The number of rotatable bonds is 3. The van der Waals surface area contributed by atoms with Crippen LogP contribution in [0, 0.1) is 0 Å². The SMILES string of the molecule is C=CCn1nnnc1CCl. The predicted molar refractivity (Wildman–Crippen MR) is 37.6 cm³/mol. The maximum absolute atomic E-state index is 5.51. The second kappa shape index (κ2) is 3.31. The molecule has 54 valence electrons. The number of tetrazole rings is 1. The van der Waals surface area contributed by atoms with Gasteiger partial charge in [0.25, 0.3) is 0 Å². The molecule has 0 N–H and O–H groups in total. The van der Waals surface area contributed by atoms with E-state index in [0.717, 1.165) is 0 Å². The molecule has 0 aliphatic carbocycles. The fourth-order valence-electron chi connectivity index (χ4n) is 0.583. The lowest BCUT2D eigenvalue weighted by Gasteiger charge is -1.94. The molecule has 0 unspecified atom stereocenters. The zero-order valence-electron chi connectivity index (χ0n) is 5.37.